The van der Waals surface area contributed by atoms with E-state index in [1.54, 1.807) is 6.92 Å². The summed E-state index contributed by atoms with van der Waals surface area (Å²) < 4.78 is 4.75. The van der Waals surface area contributed by atoms with Crippen LogP contribution in [-0.2, 0) is 14.3 Å². The zero-order valence-electron chi connectivity index (χ0n) is 11.7. The first-order valence-corrected chi connectivity index (χ1v) is 6.31. The Morgan fingerprint density at radius 1 is 1.24 bits per heavy atom. The van der Waals surface area contributed by atoms with Gasteiger partial charge in [0.15, 0.2) is 5.78 Å². The van der Waals surface area contributed by atoms with Crippen LogP contribution < -0.4 is 0 Å². The first kappa shape index (κ1) is 16.5. The van der Waals surface area contributed by atoms with Crippen LogP contribution in [0.2, 0.25) is 0 Å². The minimum absolute atomic E-state index is 0.119. The predicted octanol–water partition coefficient (Wildman–Crippen LogP) is 1.94. The van der Waals surface area contributed by atoms with E-state index in [1.807, 2.05) is 0 Å². The highest BCUT2D eigenvalue weighted by atomic mass is 16.6. The predicted molar refractivity (Wildman–Crippen MR) is 72.8 cm³/mol. The molecule has 0 aliphatic rings. The van der Waals surface area contributed by atoms with Gasteiger partial charge in [0, 0.05) is 24.1 Å². The van der Waals surface area contributed by atoms with E-state index in [0.717, 1.165) is 0 Å². The van der Waals surface area contributed by atoms with E-state index in [9.17, 15) is 24.5 Å². The van der Waals surface area contributed by atoms with Crippen molar-refractivity contribution in [3.05, 3.63) is 39.9 Å². The van der Waals surface area contributed by atoms with Gasteiger partial charge in [-0.2, -0.15) is 0 Å². The highest BCUT2D eigenvalue weighted by Crippen LogP contribution is 2.16. The number of ketones is 2. The topological polar surface area (TPSA) is 104 Å². The van der Waals surface area contributed by atoms with Crippen LogP contribution in [0.25, 0.3) is 0 Å². The maximum absolute atomic E-state index is 12.0. The second kappa shape index (κ2) is 7.28. The zero-order valence-corrected chi connectivity index (χ0v) is 11.7. The summed E-state index contributed by atoms with van der Waals surface area (Å²) in [6, 6.07) is 4.98. The van der Waals surface area contributed by atoms with E-state index in [0.29, 0.717) is 0 Å². The molecule has 0 saturated carbocycles. The Kier molecular flexibility index (Phi) is 5.71. The van der Waals surface area contributed by atoms with Gasteiger partial charge >= 0.3 is 5.97 Å². The van der Waals surface area contributed by atoms with Crippen molar-refractivity contribution in [3.63, 3.8) is 0 Å². The zero-order chi connectivity index (χ0) is 16.0. The molecule has 0 aliphatic heterocycles. The molecule has 0 spiro atoms. The number of nitrogens with zero attached hydrogens (tertiary/aromatic N) is 1. The average molecular weight is 293 g/mol. The second-order valence-electron chi connectivity index (χ2n) is 4.35. The van der Waals surface area contributed by atoms with Crippen molar-refractivity contribution in [2.45, 2.75) is 20.3 Å². The maximum Gasteiger partial charge on any atom is 0.316 e. The smallest absolute Gasteiger partial charge is 0.316 e. The van der Waals surface area contributed by atoms with Crippen molar-refractivity contribution in [1.82, 2.24) is 0 Å². The molecule has 1 rings (SSSR count). The largest absolute Gasteiger partial charge is 0.465 e. The van der Waals surface area contributed by atoms with Crippen LogP contribution in [0.15, 0.2) is 24.3 Å². The van der Waals surface area contributed by atoms with Gasteiger partial charge in [0.2, 0.25) is 0 Å². The van der Waals surface area contributed by atoms with Gasteiger partial charge in [-0.3, -0.25) is 24.5 Å². The molecule has 1 aromatic carbocycles. The van der Waals surface area contributed by atoms with E-state index in [2.05, 4.69) is 0 Å². The molecule has 0 radical (unpaired) electrons. The van der Waals surface area contributed by atoms with E-state index < -0.39 is 28.4 Å². The van der Waals surface area contributed by atoms with E-state index in [-0.39, 0.29) is 24.3 Å². The molecule has 0 saturated heterocycles. The van der Waals surface area contributed by atoms with Gasteiger partial charge in [-0.1, -0.05) is 0 Å². The van der Waals surface area contributed by atoms with Crippen molar-refractivity contribution >= 4 is 23.2 Å². The molecule has 0 amide bonds. The molecule has 0 heterocycles. The van der Waals surface area contributed by atoms with Crippen molar-refractivity contribution < 1.29 is 24.0 Å². The molecule has 1 atom stereocenters. The molecule has 0 N–H and O–H groups in total. The molecule has 0 unspecified atom stereocenters. The average Bonchev–Trinajstić information content (AvgIpc) is 2.44. The number of non-ortho nitro benzene ring substituents is 1. The maximum atomic E-state index is 12.0. The lowest BCUT2D eigenvalue weighted by Crippen LogP contribution is -2.27. The summed E-state index contributed by atoms with van der Waals surface area (Å²) in [6.07, 6.45) is -0.314. The first-order chi connectivity index (χ1) is 9.86. The number of nitro groups is 1. The number of hydrogen-bond acceptors (Lipinski definition) is 6. The Bertz CT molecular complexity index is 563. The first-order valence-electron chi connectivity index (χ1n) is 6.31. The van der Waals surface area contributed by atoms with Crippen LogP contribution in [0.1, 0.15) is 30.6 Å². The van der Waals surface area contributed by atoms with E-state index >= 15 is 0 Å². The number of nitro benzene ring substituents is 1. The summed E-state index contributed by atoms with van der Waals surface area (Å²) in [5.41, 5.74) is 0.0659. The molecule has 7 nitrogen and oxygen atoms in total. The summed E-state index contributed by atoms with van der Waals surface area (Å²) in [5, 5.41) is 10.5. The molecule has 0 aromatic heterocycles. The lowest BCUT2D eigenvalue weighted by Gasteiger charge is -2.11. The molecular formula is C14H15NO6. The molecule has 0 bridgehead atoms. The normalized spacial score (nSPS) is 11.5. The molecule has 7 heteroatoms. The second-order valence-corrected chi connectivity index (χ2v) is 4.35. The Hall–Kier alpha value is -2.57. The van der Waals surface area contributed by atoms with Crippen LogP contribution in [0.4, 0.5) is 5.69 Å². The number of Topliss-reactive ketones (excluding diaryl/α,β-unsaturated/α-hetero) is 2. The molecule has 0 aliphatic carbocycles. The van der Waals surface area contributed by atoms with Gasteiger partial charge < -0.3 is 4.74 Å². The lowest BCUT2D eigenvalue weighted by atomic mass is 9.95. The third-order valence-corrected chi connectivity index (χ3v) is 2.85. The SMILES string of the molecule is CCOC(=O)[C@H](CC(=O)c1ccc([N+](=O)[O-])cc1)C(C)=O. The van der Waals surface area contributed by atoms with Crippen molar-refractivity contribution in [1.29, 1.82) is 0 Å². The minimum Gasteiger partial charge on any atom is -0.465 e. The van der Waals surface area contributed by atoms with Gasteiger partial charge in [0.1, 0.15) is 11.7 Å². The van der Waals surface area contributed by atoms with Crippen LogP contribution in [0, 0.1) is 16.0 Å². The number of benzene rings is 1. The quantitative estimate of drug-likeness (QED) is 0.250. The summed E-state index contributed by atoms with van der Waals surface area (Å²) in [7, 11) is 0. The summed E-state index contributed by atoms with van der Waals surface area (Å²) in [4.78, 5) is 45.0. The molecule has 21 heavy (non-hydrogen) atoms. The third kappa shape index (κ3) is 4.48. The number of ether oxygens (including phenoxy) is 1. The van der Waals surface area contributed by atoms with Gasteiger partial charge in [-0.25, -0.2) is 0 Å². The third-order valence-electron chi connectivity index (χ3n) is 2.85. The van der Waals surface area contributed by atoms with Gasteiger partial charge in [0.25, 0.3) is 5.69 Å². The van der Waals surface area contributed by atoms with Crippen molar-refractivity contribution in [3.8, 4) is 0 Å². The van der Waals surface area contributed by atoms with Crippen molar-refractivity contribution in [2.24, 2.45) is 5.92 Å². The minimum atomic E-state index is -1.15. The fraction of sp³-hybridized carbons (Fsp3) is 0.357. The number of carbonyl (C=O) groups is 3. The van der Waals surface area contributed by atoms with Gasteiger partial charge in [0.05, 0.1) is 11.5 Å². The van der Waals surface area contributed by atoms with Crippen LogP contribution in [0.5, 0.6) is 0 Å². The highest BCUT2D eigenvalue weighted by Gasteiger charge is 2.28. The van der Waals surface area contributed by atoms with E-state index in [1.165, 1.54) is 31.2 Å². The summed E-state index contributed by atoms with van der Waals surface area (Å²) >= 11 is 0. The standard InChI is InChI=1S/C14H15NO6/c1-3-21-14(18)12(9(2)16)8-13(17)10-4-6-11(7-5-10)15(19)20/h4-7,12H,3,8H2,1-2H3/t12-/m1/s1. The Labute approximate surface area is 121 Å². The van der Waals surface area contributed by atoms with E-state index in [4.69, 9.17) is 4.74 Å². The van der Waals surface area contributed by atoms with Gasteiger partial charge in [-0.05, 0) is 26.0 Å². The number of rotatable bonds is 7. The van der Waals surface area contributed by atoms with Crippen LogP contribution in [-0.4, -0.2) is 29.1 Å². The molecule has 1 aromatic rings. The molecular weight excluding hydrogens is 278 g/mol. The van der Waals surface area contributed by atoms with Crippen LogP contribution in [0.3, 0.4) is 0 Å². The Balaban J connectivity index is 2.84. The van der Waals surface area contributed by atoms with Crippen molar-refractivity contribution in [2.75, 3.05) is 6.61 Å². The fourth-order valence-corrected chi connectivity index (χ4v) is 1.71. The molecule has 112 valence electrons. The summed E-state index contributed by atoms with van der Waals surface area (Å²) in [5.74, 6) is -2.78. The lowest BCUT2D eigenvalue weighted by molar-refractivity contribution is -0.384. The van der Waals surface area contributed by atoms with Crippen LogP contribution >= 0.6 is 0 Å². The number of carbonyl (C=O) groups excluding carboxylic acids is 3. The monoisotopic (exact) mass is 293 g/mol. The molecule has 0 fully saturated rings. The Morgan fingerprint density at radius 3 is 2.24 bits per heavy atom. The number of esters is 1. The highest BCUT2D eigenvalue weighted by molar-refractivity contribution is 6.05. The Morgan fingerprint density at radius 2 is 1.81 bits per heavy atom. The van der Waals surface area contributed by atoms with Gasteiger partial charge in [-0.15, -0.1) is 0 Å². The summed E-state index contributed by atoms with van der Waals surface area (Å²) in [6.45, 7) is 2.94. The number of hydrogen-bond donors (Lipinski definition) is 0. The fourth-order valence-electron chi connectivity index (χ4n) is 1.71.